The summed E-state index contributed by atoms with van der Waals surface area (Å²) in [5.41, 5.74) is 1.14. The summed E-state index contributed by atoms with van der Waals surface area (Å²) in [6.45, 7) is 5.30. The summed E-state index contributed by atoms with van der Waals surface area (Å²) in [5, 5.41) is 2.68. The lowest BCUT2D eigenvalue weighted by molar-refractivity contribution is -0.128. The number of Topliss-reactive ketones (excluding diaryl/α,β-unsaturated/α-hetero) is 1. The van der Waals surface area contributed by atoms with Gasteiger partial charge in [-0.2, -0.15) is 0 Å². The normalized spacial score (nSPS) is 17.9. The van der Waals surface area contributed by atoms with Gasteiger partial charge in [0.15, 0.2) is 5.78 Å². The zero-order chi connectivity index (χ0) is 16.4. The van der Waals surface area contributed by atoms with Crippen LogP contribution in [0, 0.1) is 5.92 Å². The standard InChI is InChI=1S/C16H20N2O4/c1-9(2)14-15(20)18(16(21)17-14)8-12-7-11(10(3)19)5-6-13(12)22-4/h5-7,9,14H,8H2,1-4H3,(H,17,21). The van der Waals surface area contributed by atoms with E-state index in [9.17, 15) is 14.4 Å². The van der Waals surface area contributed by atoms with Crippen LogP contribution in [-0.4, -0.2) is 35.8 Å². The lowest BCUT2D eigenvalue weighted by Gasteiger charge is -2.17. The van der Waals surface area contributed by atoms with Gasteiger partial charge in [-0.25, -0.2) is 4.79 Å². The van der Waals surface area contributed by atoms with Crippen molar-refractivity contribution in [2.75, 3.05) is 7.11 Å². The second-order valence-corrected chi connectivity index (χ2v) is 5.68. The van der Waals surface area contributed by atoms with Gasteiger partial charge in [0.1, 0.15) is 11.8 Å². The number of benzene rings is 1. The first kappa shape index (κ1) is 16.0. The largest absolute Gasteiger partial charge is 0.496 e. The Labute approximate surface area is 129 Å². The highest BCUT2D eigenvalue weighted by Gasteiger charge is 2.39. The summed E-state index contributed by atoms with van der Waals surface area (Å²) in [6, 6.07) is 4.07. The molecular weight excluding hydrogens is 284 g/mol. The molecule has 0 aliphatic carbocycles. The van der Waals surface area contributed by atoms with Gasteiger partial charge in [0.05, 0.1) is 13.7 Å². The van der Waals surface area contributed by atoms with Gasteiger partial charge in [0, 0.05) is 11.1 Å². The maximum absolute atomic E-state index is 12.3. The molecule has 1 aliphatic rings. The smallest absolute Gasteiger partial charge is 0.325 e. The third-order valence-corrected chi connectivity index (χ3v) is 3.74. The Bertz CT molecular complexity index is 625. The number of urea groups is 1. The van der Waals surface area contributed by atoms with E-state index in [0.717, 1.165) is 4.90 Å². The monoisotopic (exact) mass is 304 g/mol. The lowest BCUT2D eigenvalue weighted by atomic mass is 10.0. The minimum atomic E-state index is -0.505. The zero-order valence-electron chi connectivity index (χ0n) is 13.2. The minimum absolute atomic E-state index is 0.0203. The van der Waals surface area contributed by atoms with Crippen molar-refractivity contribution in [3.05, 3.63) is 29.3 Å². The summed E-state index contributed by atoms with van der Waals surface area (Å²) >= 11 is 0. The van der Waals surface area contributed by atoms with E-state index in [1.54, 1.807) is 18.2 Å². The number of carbonyl (C=O) groups is 3. The van der Waals surface area contributed by atoms with Crippen LogP contribution in [0.25, 0.3) is 0 Å². The highest BCUT2D eigenvalue weighted by molar-refractivity contribution is 6.04. The zero-order valence-corrected chi connectivity index (χ0v) is 13.2. The van der Waals surface area contributed by atoms with E-state index >= 15 is 0 Å². The fraction of sp³-hybridized carbons (Fsp3) is 0.438. The topological polar surface area (TPSA) is 75.7 Å². The van der Waals surface area contributed by atoms with Crippen LogP contribution in [0.4, 0.5) is 4.79 Å². The maximum atomic E-state index is 12.3. The van der Waals surface area contributed by atoms with Gasteiger partial charge < -0.3 is 10.1 Å². The van der Waals surface area contributed by atoms with Crippen molar-refractivity contribution in [2.45, 2.75) is 33.4 Å². The molecular formula is C16H20N2O4. The third-order valence-electron chi connectivity index (χ3n) is 3.74. The van der Waals surface area contributed by atoms with Crippen LogP contribution < -0.4 is 10.1 Å². The van der Waals surface area contributed by atoms with Crippen LogP contribution in [0.2, 0.25) is 0 Å². The molecule has 1 heterocycles. The summed E-state index contributed by atoms with van der Waals surface area (Å²) in [5.74, 6) is 0.224. The average molecular weight is 304 g/mol. The number of nitrogens with zero attached hydrogens (tertiary/aromatic N) is 1. The number of hydrogen-bond acceptors (Lipinski definition) is 4. The van der Waals surface area contributed by atoms with E-state index in [1.165, 1.54) is 14.0 Å². The molecule has 1 atom stereocenters. The van der Waals surface area contributed by atoms with Crippen molar-refractivity contribution in [1.82, 2.24) is 10.2 Å². The molecule has 1 fully saturated rings. The predicted octanol–water partition coefficient (Wildman–Crippen LogP) is 1.97. The van der Waals surface area contributed by atoms with Crippen molar-refractivity contribution >= 4 is 17.7 Å². The molecule has 118 valence electrons. The SMILES string of the molecule is COc1ccc(C(C)=O)cc1CN1C(=O)NC(C(C)C)C1=O. The molecule has 1 aliphatic heterocycles. The highest BCUT2D eigenvalue weighted by atomic mass is 16.5. The number of hydrogen-bond donors (Lipinski definition) is 1. The fourth-order valence-corrected chi connectivity index (χ4v) is 2.43. The predicted molar refractivity (Wildman–Crippen MR) is 80.7 cm³/mol. The van der Waals surface area contributed by atoms with Crippen LogP contribution in [0.3, 0.4) is 0 Å². The first-order valence-electron chi connectivity index (χ1n) is 7.15. The highest BCUT2D eigenvalue weighted by Crippen LogP contribution is 2.24. The maximum Gasteiger partial charge on any atom is 0.325 e. The van der Waals surface area contributed by atoms with Crippen molar-refractivity contribution < 1.29 is 19.1 Å². The molecule has 0 spiro atoms. The van der Waals surface area contributed by atoms with Crippen LogP contribution in [0.15, 0.2) is 18.2 Å². The Balaban J connectivity index is 2.30. The van der Waals surface area contributed by atoms with E-state index in [4.69, 9.17) is 4.74 Å². The summed E-state index contributed by atoms with van der Waals surface area (Å²) in [7, 11) is 1.51. The Morgan fingerprint density at radius 2 is 2.05 bits per heavy atom. The first-order chi connectivity index (χ1) is 10.3. The van der Waals surface area contributed by atoms with Crippen molar-refractivity contribution in [1.29, 1.82) is 0 Å². The van der Waals surface area contributed by atoms with Crippen molar-refractivity contribution in [2.24, 2.45) is 5.92 Å². The molecule has 1 N–H and O–H groups in total. The first-order valence-corrected chi connectivity index (χ1v) is 7.15. The van der Waals surface area contributed by atoms with E-state index in [1.807, 2.05) is 13.8 Å². The van der Waals surface area contributed by atoms with E-state index in [0.29, 0.717) is 16.9 Å². The molecule has 0 bridgehead atoms. The summed E-state index contributed by atoms with van der Waals surface area (Å²) < 4.78 is 5.25. The van der Waals surface area contributed by atoms with Crippen molar-refractivity contribution in [3.63, 3.8) is 0 Å². The van der Waals surface area contributed by atoms with Gasteiger partial charge in [-0.15, -0.1) is 0 Å². The lowest BCUT2D eigenvalue weighted by Crippen LogP contribution is -2.34. The number of amides is 3. The second kappa shape index (κ2) is 6.17. The van der Waals surface area contributed by atoms with Crippen LogP contribution in [0.1, 0.15) is 36.7 Å². The third kappa shape index (κ3) is 2.95. The molecule has 3 amide bonds. The van der Waals surface area contributed by atoms with Crippen LogP contribution >= 0.6 is 0 Å². The van der Waals surface area contributed by atoms with Crippen LogP contribution in [0.5, 0.6) is 5.75 Å². The number of rotatable bonds is 5. The molecule has 0 aromatic heterocycles. The average Bonchev–Trinajstić information content (AvgIpc) is 2.75. The fourth-order valence-electron chi connectivity index (χ4n) is 2.43. The Morgan fingerprint density at radius 1 is 1.36 bits per heavy atom. The Kier molecular flexibility index (Phi) is 4.49. The van der Waals surface area contributed by atoms with E-state index in [-0.39, 0.29) is 24.2 Å². The quantitative estimate of drug-likeness (QED) is 0.666. The number of nitrogens with one attached hydrogen (secondary N) is 1. The van der Waals surface area contributed by atoms with Gasteiger partial charge in [-0.1, -0.05) is 13.8 Å². The second-order valence-electron chi connectivity index (χ2n) is 5.68. The molecule has 0 radical (unpaired) electrons. The Hall–Kier alpha value is -2.37. The molecule has 2 rings (SSSR count). The van der Waals surface area contributed by atoms with Gasteiger partial charge in [0.25, 0.3) is 5.91 Å². The summed E-state index contributed by atoms with van der Waals surface area (Å²) in [6.07, 6.45) is 0. The Morgan fingerprint density at radius 3 is 2.55 bits per heavy atom. The molecule has 22 heavy (non-hydrogen) atoms. The number of methoxy groups -OCH3 is 1. The summed E-state index contributed by atoms with van der Waals surface area (Å²) in [4.78, 5) is 37.0. The van der Waals surface area contributed by atoms with Gasteiger partial charge >= 0.3 is 6.03 Å². The van der Waals surface area contributed by atoms with Gasteiger partial charge in [-0.05, 0) is 31.0 Å². The van der Waals surface area contributed by atoms with Crippen LogP contribution in [-0.2, 0) is 11.3 Å². The number of carbonyl (C=O) groups excluding carboxylic acids is 3. The minimum Gasteiger partial charge on any atom is -0.496 e. The van der Waals surface area contributed by atoms with Gasteiger partial charge in [0.2, 0.25) is 0 Å². The van der Waals surface area contributed by atoms with E-state index < -0.39 is 12.1 Å². The number of ether oxygens (including phenoxy) is 1. The van der Waals surface area contributed by atoms with E-state index in [2.05, 4.69) is 5.32 Å². The molecule has 1 saturated heterocycles. The molecule has 6 heteroatoms. The van der Waals surface area contributed by atoms with Crippen molar-refractivity contribution in [3.8, 4) is 5.75 Å². The molecule has 6 nitrogen and oxygen atoms in total. The molecule has 1 aromatic rings. The van der Waals surface area contributed by atoms with Gasteiger partial charge in [-0.3, -0.25) is 14.5 Å². The number of imide groups is 1. The molecule has 1 unspecified atom stereocenters. The number of ketones is 1. The molecule has 0 saturated carbocycles. The molecule has 1 aromatic carbocycles.